The molecule has 5 heteroatoms. The van der Waals surface area contributed by atoms with E-state index in [0.717, 1.165) is 35.3 Å². The van der Waals surface area contributed by atoms with Crippen LogP contribution in [0.2, 0.25) is 0 Å². The molecule has 0 atom stereocenters. The third-order valence-corrected chi connectivity index (χ3v) is 3.12. The number of pyridine rings is 1. The van der Waals surface area contributed by atoms with E-state index in [1.54, 1.807) is 27.5 Å². The molecule has 0 spiro atoms. The van der Waals surface area contributed by atoms with Crippen molar-refractivity contribution in [1.29, 1.82) is 0 Å². The fraction of sp³-hybridized carbons (Fsp3) is 0.400. The van der Waals surface area contributed by atoms with Crippen LogP contribution in [-0.2, 0) is 0 Å². The summed E-state index contributed by atoms with van der Waals surface area (Å²) in [7, 11) is 4.87. The number of nitrogens with one attached hydrogen (secondary N) is 1. The van der Waals surface area contributed by atoms with E-state index in [4.69, 9.17) is 14.2 Å². The first-order valence-electron chi connectivity index (χ1n) is 6.58. The second kappa shape index (κ2) is 6.32. The maximum absolute atomic E-state index is 5.51. The van der Waals surface area contributed by atoms with Crippen LogP contribution in [0.4, 0.5) is 5.82 Å². The lowest BCUT2D eigenvalue weighted by Crippen LogP contribution is -2.04. The molecule has 0 saturated carbocycles. The standard InChI is InChI=1S/C15H20N2O3/c1-5-7-16-15-13-10(6-8-17-15)11(18-2)9-12(19-3)14(13)20-4/h6,8-9H,5,7H2,1-4H3,(H,16,17). The molecule has 20 heavy (non-hydrogen) atoms. The molecule has 0 aliphatic heterocycles. The van der Waals surface area contributed by atoms with Crippen LogP contribution in [0.5, 0.6) is 17.2 Å². The van der Waals surface area contributed by atoms with Crippen molar-refractivity contribution in [1.82, 2.24) is 4.98 Å². The Morgan fingerprint density at radius 2 is 1.85 bits per heavy atom. The molecular formula is C15H20N2O3. The molecule has 1 heterocycles. The summed E-state index contributed by atoms with van der Waals surface area (Å²) in [5.74, 6) is 2.80. The first kappa shape index (κ1) is 14.2. The lowest BCUT2D eigenvalue weighted by molar-refractivity contribution is 0.353. The fourth-order valence-corrected chi connectivity index (χ4v) is 2.18. The van der Waals surface area contributed by atoms with Gasteiger partial charge in [-0.05, 0) is 12.5 Å². The molecule has 0 aliphatic carbocycles. The number of aromatic nitrogens is 1. The van der Waals surface area contributed by atoms with Gasteiger partial charge >= 0.3 is 0 Å². The van der Waals surface area contributed by atoms with Gasteiger partial charge in [-0.15, -0.1) is 0 Å². The van der Waals surface area contributed by atoms with Crippen molar-refractivity contribution in [3.63, 3.8) is 0 Å². The molecule has 1 N–H and O–H groups in total. The van der Waals surface area contributed by atoms with Crippen LogP contribution in [0.15, 0.2) is 18.3 Å². The number of fused-ring (bicyclic) bond motifs is 1. The molecule has 1 aromatic carbocycles. The number of benzene rings is 1. The predicted molar refractivity (Wildman–Crippen MR) is 80.2 cm³/mol. The Hall–Kier alpha value is -2.17. The minimum absolute atomic E-state index is 0.629. The van der Waals surface area contributed by atoms with Crippen LogP contribution in [-0.4, -0.2) is 32.9 Å². The van der Waals surface area contributed by atoms with Crippen molar-refractivity contribution in [3.8, 4) is 17.2 Å². The highest BCUT2D eigenvalue weighted by Gasteiger charge is 2.17. The van der Waals surface area contributed by atoms with Crippen molar-refractivity contribution >= 4 is 16.6 Å². The quantitative estimate of drug-likeness (QED) is 0.878. The van der Waals surface area contributed by atoms with Crippen LogP contribution < -0.4 is 19.5 Å². The zero-order chi connectivity index (χ0) is 14.5. The van der Waals surface area contributed by atoms with E-state index in [1.807, 2.05) is 12.1 Å². The third kappa shape index (κ3) is 2.43. The van der Waals surface area contributed by atoms with E-state index in [0.29, 0.717) is 11.5 Å². The normalized spacial score (nSPS) is 10.4. The van der Waals surface area contributed by atoms with E-state index >= 15 is 0 Å². The average Bonchev–Trinajstić information content (AvgIpc) is 2.50. The summed E-state index contributed by atoms with van der Waals surface area (Å²) in [6.07, 6.45) is 2.77. The third-order valence-electron chi connectivity index (χ3n) is 3.12. The maximum Gasteiger partial charge on any atom is 0.172 e. The van der Waals surface area contributed by atoms with Gasteiger partial charge in [0.2, 0.25) is 0 Å². The smallest absolute Gasteiger partial charge is 0.172 e. The van der Waals surface area contributed by atoms with E-state index in [-0.39, 0.29) is 0 Å². The van der Waals surface area contributed by atoms with Gasteiger partial charge in [0.25, 0.3) is 0 Å². The number of methoxy groups -OCH3 is 3. The summed E-state index contributed by atoms with van der Waals surface area (Å²) in [6, 6.07) is 3.73. The van der Waals surface area contributed by atoms with Gasteiger partial charge in [0.15, 0.2) is 11.5 Å². The molecule has 2 rings (SSSR count). The summed E-state index contributed by atoms with van der Waals surface area (Å²) < 4.78 is 16.3. The van der Waals surface area contributed by atoms with Crippen LogP contribution in [0.1, 0.15) is 13.3 Å². The van der Waals surface area contributed by atoms with E-state index in [2.05, 4.69) is 17.2 Å². The second-order valence-corrected chi connectivity index (χ2v) is 4.32. The maximum atomic E-state index is 5.51. The van der Waals surface area contributed by atoms with Gasteiger partial charge in [0.1, 0.15) is 11.6 Å². The SMILES string of the molecule is CCCNc1nccc2c(OC)cc(OC)c(OC)c12. The van der Waals surface area contributed by atoms with Crippen molar-refractivity contribution < 1.29 is 14.2 Å². The highest BCUT2D eigenvalue weighted by molar-refractivity contribution is 6.02. The second-order valence-electron chi connectivity index (χ2n) is 4.32. The first-order valence-corrected chi connectivity index (χ1v) is 6.58. The molecule has 0 radical (unpaired) electrons. The number of ether oxygens (including phenoxy) is 3. The first-order chi connectivity index (χ1) is 9.76. The largest absolute Gasteiger partial charge is 0.496 e. The van der Waals surface area contributed by atoms with E-state index < -0.39 is 0 Å². The van der Waals surface area contributed by atoms with Crippen molar-refractivity contribution in [2.24, 2.45) is 0 Å². The van der Waals surface area contributed by atoms with Crippen LogP contribution in [0, 0.1) is 0 Å². The van der Waals surface area contributed by atoms with Gasteiger partial charge in [-0.2, -0.15) is 0 Å². The molecule has 2 aromatic rings. The van der Waals surface area contributed by atoms with E-state index in [9.17, 15) is 0 Å². The summed E-state index contributed by atoms with van der Waals surface area (Å²) in [4.78, 5) is 4.40. The van der Waals surface area contributed by atoms with Gasteiger partial charge in [-0.25, -0.2) is 4.98 Å². The molecule has 1 aromatic heterocycles. The van der Waals surface area contributed by atoms with Gasteiger partial charge in [0.05, 0.1) is 26.7 Å². The lowest BCUT2D eigenvalue weighted by atomic mass is 10.1. The Bertz CT molecular complexity index is 599. The highest BCUT2D eigenvalue weighted by atomic mass is 16.5. The van der Waals surface area contributed by atoms with Crippen molar-refractivity contribution in [2.45, 2.75) is 13.3 Å². The average molecular weight is 276 g/mol. The zero-order valence-corrected chi connectivity index (χ0v) is 12.3. The Morgan fingerprint density at radius 3 is 2.45 bits per heavy atom. The number of rotatable bonds is 6. The van der Waals surface area contributed by atoms with Gasteiger partial charge in [0, 0.05) is 24.2 Å². The summed E-state index contributed by atoms with van der Waals surface area (Å²) in [5.41, 5.74) is 0. The molecule has 0 fully saturated rings. The zero-order valence-electron chi connectivity index (χ0n) is 12.3. The molecule has 0 amide bonds. The predicted octanol–water partition coefficient (Wildman–Crippen LogP) is 3.08. The number of hydrogen-bond donors (Lipinski definition) is 1. The molecule has 0 bridgehead atoms. The minimum Gasteiger partial charge on any atom is -0.496 e. The van der Waals surface area contributed by atoms with Gasteiger partial charge in [-0.1, -0.05) is 6.92 Å². The van der Waals surface area contributed by atoms with Crippen LogP contribution in [0.3, 0.4) is 0 Å². The van der Waals surface area contributed by atoms with E-state index in [1.165, 1.54) is 0 Å². The summed E-state index contributed by atoms with van der Waals surface area (Å²) >= 11 is 0. The summed E-state index contributed by atoms with van der Waals surface area (Å²) in [5, 5.41) is 5.13. The van der Waals surface area contributed by atoms with Gasteiger partial charge in [-0.3, -0.25) is 0 Å². The lowest BCUT2D eigenvalue weighted by Gasteiger charge is -2.16. The van der Waals surface area contributed by atoms with Crippen LogP contribution in [0.25, 0.3) is 10.8 Å². The molecule has 0 unspecified atom stereocenters. The topological polar surface area (TPSA) is 52.6 Å². The van der Waals surface area contributed by atoms with Crippen molar-refractivity contribution in [2.75, 3.05) is 33.2 Å². The Morgan fingerprint density at radius 1 is 1.10 bits per heavy atom. The number of anilines is 1. The molecule has 0 aliphatic rings. The fourth-order valence-electron chi connectivity index (χ4n) is 2.18. The summed E-state index contributed by atoms with van der Waals surface area (Å²) in [6.45, 7) is 2.95. The van der Waals surface area contributed by atoms with Crippen molar-refractivity contribution in [3.05, 3.63) is 18.3 Å². The van der Waals surface area contributed by atoms with Gasteiger partial charge < -0.3 is 19.5 Å². The highest BCUT2D eigenvalue weighted by Crippen LogP contribution is 2.43. The number of nitrogens with zero attached hydrogens (tertiary/aromatic N) is 1. The molecule has 5 nitrogen and oxygen atoms in total. The Kier molecular flexibility index (Phi) is 4.50. The molecule has 0 saturated heterocycles. The molecule has 108 valence electrons. The minimum atomic E-state index is 0.629. The molecular weight excluding hydrogens is 256 g/mol. The monoisotopic (exact) mass is 276 g/mol. The Balaban J connectivity index is 2.75. The number of hydrogen-bond acceptors (Lipinski definition) is 5. The Labute approximate surface area is 118 Å². The van der Waals surface area contributed by atoms with Crippen LogP contribution >= 0.6 is 0 Å².